The Morgan fingerprint density at radius 2 is 2.07 bits per heavy atom. The molecule has 1 aliphatic rings. The monoisotopic (exact) mass is 205 g/mol. The summed E-state index contributed by atoms with van der Waals surface area (Å²) in [4.78, 5) is 13.2. The molecule has 0 aromatic heterocycles. The smallest absolute Gasteiger partial charge is 0.227 e. The van der Waals surface area contributed by atoms with Crippen molar-refractivity contribution in [3.8, 4) is 0 Å². The number of benzene rings is 1. The molecule has 1 aromatic rings. The van der Waals surface area contributed by atoms with Gasteiger partial charge in [0.05, 0.1) is 0 Å². The van der Waals surface area contributed by atoms with Crippen LogP contribution >= 0.6 is 0 Å². The minimum atomic E-state index is -0.618. The van der Waals surface area contributed by atoms with E-state index in [9.17, 15) is 9.90 Å². The number of hydrogen-bond acceptors (Lipinski definition) is 2. The molecule has 1 aromatic carbocycles. The molecule has 0 radical (unpaired) electrons. The second-order valence-electron chi connectivity index (χ2n) is 4.07. The van der Waals surface area contributed by atoms with Gasteiger partial charge in [-0.25, -0.2) is 0 Å². The third-order valence-corrected chi connectivity index (χ3v) is 2.82. The number of aliphatic hydroxyl groups excluding tert-OH is 1. The van der Waals surface area contributed by atoms with Crippen molar-refractivity contribution in [3.05, 3.63) is 35.9 Å². The zero-order chi connectivity index (χ0) is 10.8. The molecule has 1 aliphatic heterocycles. The highest BCUT2D eigenvalue weighted by Gasteiger charge is 2.35. The first-order valence-corrected chi connectivity index (χ1v) is 5.21. The normalized spacial score (nSPS) is 26.0. The van der Waals surface area contributed by atoms with Crippen LogP contribution in [0.4, 0.5) is 0 Å². The van der Waals surface area contributed by atoms with Gasteiger partial charge in [-0.05, 0) is 5.56 Å². The van der Waals surface area contributed by atoms with Gasteiger partial charge in [0, 0.05) is 18.9 Å². The molecule has 0 aliphatic carbocycles. The summed E-state index contributed by atoms with van der Waals surface area (Å²) in [6.07, 6.45) is -0.0706. The molecule has 1 heterocycles. The predicted octanol–water partition coefficient (Wildman–Crippen LogP) is 1.37. The topological polar surface area (TPSA) is 40.5 Å². The van der Waals surface area contributed by atoms with E-state index in [1.807, 2.05) is 37.3 Å². The fourth-order valence-electron chi connectivity index (χ4n) is 1.94. The molecule has 1 N–H and O–H groups in total. The summed E-state index contributed by atoms with van der Waals surface area (Å²) < 4.78 is 0. The molecule has 0 spiro atoms. The first-order valence-electron chi connectivity index (χ1n) is 5.21. The first kappa shape index (κ1) is 10.2. The molecule has 2 atom stereocenters. The SMILES string of the molecule is CC1CC(O)N(Cc2ccccc2)C1=O. The summed E-state index contributed by atoms with van der Waals surface area (Å²) in [6.45, 7) is 2.36. The van der Waals surface area contributed by atoms with Crippen molar-refractivity contribution in [1.29, 1.82) is 0 Å². The zero-order valence-corrected chi connectivity index (χ0v) is 8.76. The van der Waals surface area contributed by atoms with Crippen LogP contribution in [0.3, 0.4) is 0 Å². The molecule has 1 amide bonds. The lowest BCUT2D eigenvalue weighted by Gasteiger charge is -2.20. The third kappa shape index (κ3) is 2.02. The van der Waals surface area contributed by atoms with Crippen LogP contribution in [0.25, 0.3) is 0 Å². The Morgan fingerprint density at radius 1 is 1.40 bits per heavy atom. The van der Waals surface area contributed by atoms with E-state index in [4.69, 9.17) is 0 Å². The Labute approximate surface area is 89.3 Å². The maximum absolute atomic E-state index is 11.7. The van der Waals surface area contributed by atoms with E-state index < -0.39 is 6.23 Å². The highest BCUT2D eigenvalue weighted by atomic mass is 16.3. The number of likely N-dealkylation sites (tertiary alicyclic amines) is 1. The van der Waals surface area contributed by atoms with Crippen LogP contribution in [0.5, 0.6) is 0 Å². The Morgan fingerprint density at radius 3 is 2.60 bits per heavy atom. The largest absolute Gasteiger partial charge is 0.373 e. The van der Waals surface area contributed by atoms with Gasteiger partial charge in [-0.1, -0.05) is 37.3 Å². The van der Waals surface area contributed by atoms with Gasteiger partial charge in [-0.3, -0.25) is 4.79 Å². The van der Waals surface area contributed by atoms with E-state index in [-0.39, 0.29) is 11.8 Å². The van der Waals surface area contributed by atoms with Gasteiger partial charge in [0.1, 0.15) is 6.23 Å². The van der Waals surface area contributed by atoms with Crippen molar-refractivity contribution in [2.75, 3.05) is 0 Å². The molecule has 0 saturated carbocycles. The predicted molar refractivity (Wildman–Crippen MR) is 56.8 cm³/mol. The average molecular weight is 205 g/mol. The molecule has 1 saturated heterocycles. The number of rotatable bonds is 2. The van der Waals surface area contributed by atoms with E-state index in [0.29, 0.717) is 13.0 Å². The highest BCUT2D eigenvalue weighted by Crippen LogP contribution is 2.24. The summed E-state index contributed by atoms with van der Waals surface area (Å²) >= 11 is 0. The number of amides is 1. The summed E-state index contributed by atoms with van der Waals surface area (Å²) in [5.41, 5.74) is 1.05. The van der Waals surface area contributed by atoms with Crippen molar-refractivity contribution in [2.45, 2.75) is 26.1 Å². The minimum Gasteiger partial charge on any atom is -0.373 e. The van der Waals surface area contributed by atoms with E-state index in [1.165, 1.54) is 0 Å². The molecular formula is C12H15NO2. The molecule has 2 unspecified atom stereocenters. The molecule has 3 nitrogen and oxygen atoms in total. The Balaban J connectivity index is 2.09. The second kappa shape index (κ2) is 4.03. The molecule has 1 fully saturated rings. The van der Waals surface area contributed by atoms with Crippen LogP contribution in [0.1, 0.15) is 18.9 Å². The van der Waals surface area contributed by atoms with Gasteiger partial charge in [-0.15, -0.1) is 0 Å². The van der Waals surface area contributed by atoms with Gasteiger partial charge in [0.2, 0.25) is 5.91 Å². The maximum atomic E-state index is 11.7. The van der Waals surface area contributed by atoms with Crippen LogP contribution in [0, 0.1) is 5.92 Å². The first-order chi connectivity index (χ1) is 7.18. The van der Waals surface area contributed by atoms with Crippen LogP contribution in [0.2, 0.25) is 0 Å². The number of hydrogen-bond donors (Lipinski definition) is 1. The summed E-state index contributed by atoms with van der Waals surface area (Å²) in [5, 5.41) is 9.70. The summed E-state index contributed by atoms with van der Waals surface area (Å²) in [5.74, 6) is -0.00457. The maximum Gasteiger partial charge on any atom is 0.227 e. The lowest BCUT2D eigenvalue weighted by molar-refractivity contribution is -0.136. The zero-order valence-electron chi connectivity index (χ0n) is 8.76. The quantitative estimate of drug-likeness (QED) is 0.792. The van der Waals surface area contributed by atoms with Crippen molar-refractivity contribution >= 4 is 5.91 Å². The fraction of sp³-hybridized carbons (Fsp3) is 0.417. The molecule has 3 heteroatoms. The Kier molecular flexibility index (Phi) is 2.73. The second-order valence-corrected chi connectivity index (χ2v) is 4.07. The molecule has 2 rings (SSSR count). The van der Waals surface area contributed by atoms with Crippen LogP contribution < -0.4 is 0 Å². The lowest BCUT2D eigenvalue weighted by Crippen LogP contribution is -2.32. The van der Waals surface area contributed by atoms with Gasteiger partial charge in [0.15, 0.2) is 0 Å². The van der Waals surface area contributed by atoms with Crippen molar-refractivity contribution < 1.29 is 9.90 Å². The highest BCUT2D eigenvalue weighted by molar-refractivity contribution is 5.80. The van der Waals surface area contributed by atoms with Gasteiger partial charge in [-0.2, -0.15) is 0 Å². The van der Waals surface area contributed by atoms with Crippen LogP contribution in [-0.4, -0.2) is 22.1 Å². The summed E-state index contributed by atoms with van der Waals surface area (Å²) in [6, 6.07) is 9.73. The molecule has 80 valence electrons. The summed E-state index contributed by atoms with van der Waals surface area (Å²) in [7, 11) is 0. The van der Waals surface area contributed by atoms with Gasteiger partial charge < -0.3 is 10.0 Å². The van der Waals surface area contributed by atoms with Crippen molar-refractivity contribution in [1.82, 2.24) is 4.90 Å². The average Bonchev–Trinajstić information content (AvgIpc) is 2.47. The molecule has 0 bridgehead atoms. The standard InChI is InChI=1S/C12H15NO2/c1-9-7-11(14)13(12(9)15)8-10-5-3-2-4-6-10/h2-6,9,11,14H,7-8H2,1H3. The van der Waals surface area contributed by atoms with E-state index in [1.54, 1.807) is 4.90 Å². The van der Waals surface area contributed by atoms with E-state index in [0.717, 1.165) is 5.56 Å². The Hall–Kier alpha value is -1.35. The lowest BCUT2D eigenvalue weighted by atomic mass is 10.1. The number of carbonyl (C=O) groups excluding carboxylic acids is 1. The number of carbonyl (C=O) groups is 1. The molecular weight excluding hydrogens is 190 g/mol. The number of aliphatic hydroxyl groups is 1. The van der Waals surface area contributed by atoms with Crippen LogP contribution in [0.15, 0.2) is 30.3 Å². The van der Waals surface area contributed by atoms with Crippen LogP contribution in [-0.2, 0) is 11.3 Å². The van der Waals surface area contributed by atoms with E-state index >= 15 is 0 Å². The van der Waals surface area contributed by atoms with Gasteiger partial charge >= 0.3 is 0 Å². The van der Waals surface area contributed by atoms with E-state index in [2.05, 4.69) is 0 Å². The fourth-order valence-corrected chi connectivity index (χ4v) is 1.94. The van der Waals surface area contributed by atoms with Crippen molar-refractivity contribution in [2.24, 2.45) is 5.92 Å². The third-order valence-electron chi connectivity index (χ3n) is 2.82. The van der Waals surface area contributed by atoms with Gasteiger partial charge in [0.25, 0.3) is 0 Å². The Bertz CT molecular complexity index is 350. The number of nitrogens with zero attached hydrogens (tertiary/aromatic N) is 1. The minimum absolute atomic E-state index is 0.0475. The molecule has 15 heavy (non-hydrogen) atoms. The van der Waals surface area contributed by atoms with Crippen molar-refractivity contribution in [3.63, 3.8) is 0 Å².